The molecule has 1 amide bonds. The Morgan fingerprint density at radius 3 is 2.91 bits per heavy atom. The van der Waals surface area contributed by atoms with E-state index in [2.05, 4.69) is 20.6 Å². The minimum Gasteiger partial charge on any atom is -0.383 e. The van der Waals surface area contributed by atoms with Gasteiger partial charge in [0.05, 0.1) is 6.61 Å². The normalized spacial score (nSPS) is 15.7. The molecule has 0 unspecified atom stereocenters. The molecule has 1 aromatic rings. The van der Waals surface area contributed by atoms with E-state index in [9.17, 15) is 4.79 Å². The Kier molecular flexibility index (Phi) is 6.74. The fraction of sp³-hybridized carbons (Fsp3) is 0.688. The summed E-state index contributed by atoms with van der Waals surface area (Å²) in [7, 11) is 1.62. The van der Waals surface area contributed by atoms with E-state index in [1.807, 2.05) is 13.0 Å². The number of ether oxygens (including phenoxy) is 1. The van der Waals surface area contributed by atoms with Crippen molar-refractivity contribution in [2.75, 3.05) is 33.4 Å². The monoisotopic (exact) mass is 306 g/mol. The van der Waals surface area contributed by atoms with Gasteiger partial charge in [-0.2, -0.15) is 0 Å². The number of nitrogens with zero attached hydrogens (tertiary/aromatic N) is 2. The summed E-state index contributed by atoms with van der Waals surface area (Å²) in [5, 5.41) is 6.19. The summed E-state index contributed by atoms with van der Waals surface area (Å²) < 4.78 is 4.91. The minimum atomic E-state index is 0.0386. The van der Waals surface area contributed by atoms with E-state index in [1.165, 1.54) is 0 Å². The van der Waals surface area contributed by atoms with Gasteiger partial charge in [-0.05, 0) is 45.3 Å². The molecule has 122 valence electrons. The molecule has 1 saturated heterocycles. The maximum Gasteiger partial charge on any atom is 0.220 e. The molecule has 0 bridgehead atoms. The van der Waals surface area contributed by atoms with E-state index < -0.39 is 0 Å². The molecule has 1 aliphatic rings. The van der Waals surface area contributed by atoms with Gasteiger partial charge in [-0.3, -0.25) is 4.79 Å². The van der Waals surface area contributed by atoms with Crippen LogP contribution in [0.2, 0.25) is 0 Å². The molecule has 0 saturated carbocycles. The molecule has 0 aromatic carbocycles. The van der Waals surface area contributed by atoms with E-state index in [0.29, 0.717) is 31.9 Å². The van der Waals surface area contributed by atoms with Crippen molar-refractivity contribution < 1.29 is 9.53 Å². The average molecular weight is 306 g/mol. The molecule has 6 heteroatoms. The van der Waals surface area contributed by atoms with Crippen LogP contribution >= 0.6 is 0 Å². The number of hydrogen-bond acceptors (Lipinski definition) is 5. The molecule has 1 fully saturated rings. The lowest BCUT2D eigenvalue weighted by Gasteiger charge is -2.22. The molecule has 2 N–H and O–H groups in total. The van der Waals surface area contributed by atoms with Gasteiger partial charge in [-0.25, -0.2) is 9.97 Å². The van der Waals surface area contributed by atoms with E-state index in [4.69, 9.17) is 4.74 Å². The molecule has 0 radical (unpaired) electrons. The van der Waals surface area contributed by atoms with Crippen LogP contribution in [-0.2, 0) is 16.0 Å². The first-order valence-corrected chi connectivity index (χ1v) is 8.00. The lowest BCUT2D eigenvalue weighted by molar-refractivity contribution is -0.121. The molecular weight excluding hydrogens is 280 g/mol. The topological polar surface area (TPSA) is 76.1 Å². The summed E-state index contributed by atoms with van der Waals surface area (Å²) in [6, 6.07) is 1.98. The Balaban J connectivity index is 1.90. The average Bonchev–Trinajstić information content (AvgIpc) is 2.53. The van der Waals surface area contributed by atoms with Gasteiger partial charge in [0.1, 0.15) is 5.82 Å². The van der Waals surface area contributed by atoms with Crippen molar-refractivity contribution in [1.82, 2.24) is 20.6 Å². The number of carbonyl (C=O) groups is 1. The number of hydrogen-bond donors (Lipinski definition) is 2. The number of carbonyl (C=O) groups excluding carboxylic acids is 1. The lowest BCUT2D eigenvalue weighted by Crippen LogP contribution is -2.28. The summed E-state index contributed by atoms with van der Waals surface area (Å²) in [5.74, 6) is 1.42. The maximum absolute atomic E-state index is 11.7. The van der Waals surface area contributed by atoms with Crippen molar-refractivity contribution in [2.24, 2.45) is 0 Å². The Morgan fingerprint density at radius 1 is 1.41 bits per heavy atom. The number of aromatic nitrogens is 2. The third-order valence-corrected chi connectivity index (χ3v) is 3.87. The van der Waals surface area contributed by atoms with E-state index >= 15 is 0 Å². The first kappa shape index (κ1) is 16.8. The van der Waals surface area contributed by atoms with Gasteiger partial charge in [-0.15, -0.1) is 0 Å². The van der Waals surface area contributed by atoms with Gasteiger partial charge in [0, 0.05) is 37.4 Å². The number of nitrogens with one attached hydrogen (secondary N) is 2. The fourth-order valence-corrected chi connectivity index (χ4v) is 2.67. The minimum absolute atomic E-state index is 0.0386. The number of aryl methyl sites for hydroxylation is 2. The highest BCUT2D eigenvalue weighted by Crippen LogP contribution is 2.22. The van der Waals surface area contributed by atoms with Crippen molar-refractivity contribution in [1.29, 1.82) is 0 Å². The second kappa shape index (κ2) is 8.80. The Labute approximate surface area is 132 Å². The standard InChI is InChI=1S/C16H26N4O2/c1-12-11-14(3-4-15(21)18-9-10-22-2)20-16(19-12)13-5-7-17-8-6-13/h11,13,17H,3-10H2,1-2H3,(H,18,21). The van der Waals surface area contributed by atoms with Crippen molar-refractivity contribution in [2.45, 2.75) is 38.5 Å². The first-order valence-electron chi connectivity index (χ1n) is 8.00. The largest absolute Gasteiger partial charge is 0.383 e. The first-order chi connectivity index (χ1) is 10.7. The van der Waals surface area contributed by atoms with Crippen LogP contribution < -0.4 is 10.6 Å². The number of piperidine rings is 1. The van der Waals surface area contributed by atoms with Gasteiger partial charge in [0.25, 0.3) is 0 Å². The van der Waals surface area contributed by atoms with Crippen LogP contribution in [0.3, 0.4) is 0 Å². The molecule has 1 aliphatic heterocycles. The van der Waals surface area contributed by atoms with Crippen molar-refractivity contribution >= 4 is 5.91 Å². The Morgan fingerprint density at radius 2 is 2.18 bits per heavy atom. The van der Waals surface area contributed by atoms with Crippen molar-refractivity contribution in [3.63, 3.8) is 0 Å². The highest BCUT2D eigenvalue weighted by molar-refractivity contribution is 5.76. The summed E-state index contributed by atoms with van der Waals surface area (Å²) in [5.41, 5.74) is 1.95. The third-order valence-electron chi connectivity index (χ3n) is 3.87. The van der Waals surface area contributed by atoms with Crippen LogP contribution in [0.5, 0.6) is 0 Å². The third kappa shape index (κ3) is 5.35. The Bertz CT molecular complexity index is 487. The van der Waals surface area contributed by atoms with Crippen LogP contribution in [0.15, 0.2) is 6.07 Å². The van der Waals surface area contributed by atoms with Gasteiger partial charge < -0.3 is 15.4 Å². The second-order valence-electron chi connectivity index (χ2n) is 5.73. The number of amides is 1. The van der Waals surface area contributed by atoms with E-state index in [0.717, 1.165) is 43.1 Å². The SMILES string of the molecule is COCCNC(=O)CCc1cc(C)nc(C2CCNCC2)n1. The molecule has 6 nitrogen and oxygen atoms in total. The summed E-state index contributed by atoms with van der Waals surface area (Å²) in [6.07, 6.45) is 3.27. The molecule has 0 atom stereocenters. The van der Waals surface area contributed by atoms with Gasteiger partial charge in [0.15, 0.2) is 0 Å². The van der Waals surface area contributed by atoms with Crippen LogP contribution in [0.1, 0.15) is 42.4 Å². The number of methoxy groups -OCH3 is 1. The zero-order valence-electron chi connectivity index (χ0n) is 13.5. The highest BCUT2D eigenvalue weighted by Gasteiger charge is 2.18. The summed E-state index contributed by atoms with van der Waals surface area (Å²) >= 11 is 0. The molecule has 2 heterocycles. The van der Waals surface area contributed by atoms with Crippen LogP contribution in [-0.4, -0.2) is 49.2 Å². The zero-order chi connectivity index (χ0) is 15.8. The van der Waals surface area contributed by atoms with Crippen molar-refractivity contribution in [3.8, 4) is 0 Å². The summed E-state index contributed by atoms with van der Waals surface area (Å²) in [4.78, 5) is 21.0. The second-order valence-corrected chi connectivity index (χ2v) is 5.73. The van der Waals surface area contributed by atoms with Gasteiger partial charge >= 0.3 is 0 Å². The van der Waals surface area contributed by atoms with Crippen LogP contribution in [0.4, 0.5) is 0 Å². The zero-order valence-corrected chi connectivity index (χ0v) is 13.5. The maximum atomic E-state index is 11.7. The Hall–Kier alpha value is -1.53. The predicted octanol–water partition coefficient (Wildman–Crippen LogP) is 0.947. The van der Waals surface area contributed by atoms with E-state index in [1.54, 1.807) is 7.11 Å². The van der Waals surface area contributed by atoms with Gasteiger partial charge in [0.2, 0.25) is 5.91 Å². The smallest absolute Gasteiger partial charge is 0.220 e. The highest BCUT2D eigenvalue weighted by atomic mass is 16.5. The quantitative estimate of drug-likeness (QED) is 0.734. The predicted molar refractivity (Wildman–Crippen MR) is 84.8 cm³/mol. The lowest BCUT2D eigenvalue weighted by atomic mass is 9.97. The molecular formula is C16H26N4O2. The van der Waals surface area contributed by atoms with E-state index in [-0.39, 0.29) is 5.91 Å². The number of rotatable bonds is 7. The fourth-order valence-electron chi connectivity index (χ4n) is 2.67. The van der Waals surface area contributed by atoms with Crippen LogP contribution in [0, 0.1) is 6.92 Å². The van der Waals surface area contributed by atoms with Crippen molar-refractivity contribution in [3.05, 3.63) is 23.3 Å². The molecule has 0 aliphatic carbocycles. The molecule has 2 rings (SSSR count). The van der Waals surface area contributed by atoms with Gasteiger partial charge in [-0.1, -0.05) is 0 Å². The summed E-state index contributed by atoms with van der Waals surface area (Å²) in [6.45, 7) is 5.14. The molecule has 1 aromatic heterocycles. The van der Waals surface area contributed by atoms with Crippen LogP contribution in [0.25, 0.3) is 0 Å². The molecule has 22 heavy (non-hydrogen) atoms. The molecule has 0 spiro atoms.